The number of hydrogen-bond donors (Lipinski definition) is 0. The lowest BCUT2D eigenvalue weighted by atomic mass is 10.1. The van der Waals surface area contributed by atoms with E-state index >= 15 is 0 Å². The zero-order chi connectivity index (χ0) is 22.4. The minimum absolute atomic E-state index is 0.00315. The van der Waals surface area contributed by atoms with Crippen LogP contribution in [0.2, 0.25) is 0 Å². The third-order valence-corrected chi connectivity index (χ3v) is 5.48. The standard InChI is InChI=1S/C24H22BrNO5/c1-26(17-9-5-4-6-10-17)23(27)18-11-7-8-12-19(18)24(28)31-15-16-13-21(29-2)22(30-3)14-20(16)25/h4-14H,15H2,1-3H3. The molecule has 0 radical (unpaired) electrons. The van der Waals surface area contributed by atoms with Crippen molar-refractivity contribution in [3.8, 4) is 11.5 Å². The Morgan fingerprint density at radius 1 is 0.871 bits per heavy atom. The van der Waals surface area contributed by atoms with Gasteiger partial charge in [-0.05, 0) is 36.4 Å². The van der Waals surface area contributed by atoms with Crippen molar-refractivity contribution < 1.29 is 23.8 Å². The van der Waals surface area contributed by atoms with Gasteiger partial charge in [-0.3, -0.25) is 4.79 Å². The Bertz CT molecular complexity index is 1080. The maximum Gasteiger partial charge on any atom is 0.339 e. The lowest BCUT2D eigenvalue weighted by Crippen LogP contribution is -2.28. The molecule has 0 atom stereocenters. The van der Waals surface area contributed by atoms with Crippen molar-refractivity contribution in [2.45, 2.75) is 6.61 Å². The Morgan fingerprint density at radius 2 is 1.45 bits per heavy atom. The van der Waals surface area contributed by atoms with Crippen LogP contribution < -0.4 is 14.4 Å². The number of nitrogens with zero attached hydrogens (tertiary/aromatic N) is 1. The fourth-order valence-electron chi connectivity index (χ4n) is 3.03. The zero-order valence-electron chi connectivity index (χ0n) is 17.4. The smallest absolute Gasteiger partial charge is 0.339 e. The molecule has 0 saturated heterocycles. The maximum atomic E-state index is 13.0. The van der Waals surface area contributed by atoms with Gasteiger partial charge in [0.05, 0.1) is 25.3 Å². The van der Waals surface area contributed by atoms with Gasteiger partial charge in [-0.1, -0.05) is 46.3 Å². The first-order chi connectivity index (χ1) is 15.0. The number of halogens is 1. The largest absolute Gasteiger partial charge is 0.493 e. The first-order valence-electron chi connectivity index (χ1n) is 9.46. The molecule has 0 heterocycles. The van der Waals surface area contributed by atoms with Gasteiger partial charge in [-0.2, -0.15) is 0 Å². The summed E-state index contributed by atoms with van der Waals surface area (Å²) in [5, 5.41) is 0. The normalized spacial score (nSPS) is 10.3. The highest BCUT2D eigenvalue weighted by Crippen LogP contribution is 2.33. The number of carbonyl (C=O) groups is 2. The van der Waals surface area contributed by atoms with Crippen molar-refractivity contribution >= 4 is 33.5 Å². The molecule has 0 N–H and O–H groups in total. The number of hydrogen-bond acceptors (Lipinski definition) is 5. The molecule has 7 heteroatoms. The fourth-order valence-corrected chi connectivity index (χ4v) is 3.46. The number of amides is 1. The van der Waals surface area contributed by atoms with Crippen molar-refractivity contribution in [3.05, 3.63) is 87.9 Å². The monoisotopic (exact) mass is 483 g/mol. The van der Waals surface area contributed by atoms with Crippen LogP contribution in [0, 0.1) is 0 Å². The maximum absolute atomic E-state index is 13.0. The van der Waals surface area contributed by atoms with E-state index in [-0.39, 0.29) is 23.6 Å². The van der Waals surface area contributed by atoms with Crippen LogP contribution in [0.15, 0.2) is 71.2 Å². The molecule has 0 unspecified atom stereocenters. The van der Waals surface area contributed by atoms with Gasteiger partial charge < -0.3 is 19.1 Å². The van der Waals surface area contributed by atoms with E-state index in [0.717, 1.165) is 5.69 Å². The molecule has 0 aromatic heterocycles. The molecule has 0 bridgehead atoms. The number of para-hydroxylation sites is 1. The molecular formula is C24H22BrNO5. The number of rotatable bonds is 7. The van der Waals surface area contributed by atoms with Crippen molar-refractivity contribution in [3.63, 3.8) is 0 Å². The van der Waals surface area contributed by atoms with Crippen LogP contribution in [-0.4, -0.2) is 33.1 Å². The summed E-state index contributed by atoms with van der Waals surface area (Å²) in [4.78, 5) is 27.4. The Hall–Kier alpha value is -3.32. The SMILES string of the molecule is COc1cc(Br)c(COC(=O)c2ccccc2C(=O)N(C)c2ccccc2)cc1OC. The van der Waals surface area contributed by atoms with Gasteiger partial charge in [0.2, 0.25) is 0 Å². The van der Waals surface area contributed by atoms with Crippen molar-refractivity contribution in [2.75, 3.05) is 26.2 Å². The van der Waals surface area contributed by atoms with Gasteiger partial charge in [0, 0.05) is 22.8 Å². The van der Waals surface area contributed by atoms with Gasteiger partial charge >= 0.3 is 5.97 Å². The summed E-state index contributed by atoms with van der Waals surface area (Å²) in [6.07, 6.45) is 0. The summed E-state index contributed by atoms with van der Waals surface area (Å²) in [5.74, 6) is 0.194. The van der Waals surface area contributed by atoms with Gasteiger partial charge in [-0.15, -0.1) is 0 Å². The molecule has 0 fully saturated rings. The Balaban J connectivity index is 1.80. The van der Waals surface area contributed by atoms with E-state index in [1.54, 1.807) is 50.6 Å². The number of esters is 1. The highest BCUT2D eigenvalue weighted by molar-refractivity contribution is 9.10. The van der Waals surface area contributed by atoms with E-state index in [0.29, 0.717) is 21.5 Å². The molecule has 160 valence electrons. The predicted octanol–water partition coefficient (Wildman–Crippen LogP) is 5.10. The van der Waals surface area contributed by atoms with E-state index in [2.05, 4.69) is 15.9 Å². The Labute approximate surface area is 189 Å². The highest BCUT2D eigenvalue weighted by Gasteiger charge is 2.22. The lowest BCUT2D eigenvalue weighted by molar-refractivity contribution is 0.0468. The summed E-state index contributed by atoms with van der Waals surface area (Å²) in [6.45, 7) is -0.00315. The average Bonchev–Trinajstić information content (AvgIpc) is 2.82. The van der Waals surface area contributed by atoms with E-state index in [1.165, 1.54) is 12.0 Å². The predicted molar refractivity (Wildman–Crippen MR) is 122 cm³/mol. The van der Waals surface area contributed by atoms with Gasteiger partial charge in [0.15, 0.2) is 11.5 Å². The second kappa shape index (κ2) is 10.1. The molecule has 0 spiro atoms. The molecule has 0 aliphatic heterocycles. The van der Waals surface area contributed by atoms with Crippen molar-refractivity contribution in [1.29, 1.82) is 0 Å². The van der Waals surface area contributed by atoms with Crippen LogP contribution in [0.1, 0.15) is 26.3 Å². The molecule has 0 saturated carbocycles. The first-order valence-corrected chi connectivity index (χ1v) is 10.2. The minimum Gasteiger partial charge on any atom is -0.493 e. The number of benzene rings is 3. The fraction of sp³-hybridized carbons (Fsp3) is 0.167. The summed E-state index contributed by atoms with van der Waals surface area (Å²) >= 11 is 3.45. The van der Waals surface area contributed by atoms with Crippen LogP contribution in [0.5, 0.6) is 11.5 Å². The summed E-state index contributed by atoms with van der Waals surface area (Å²) in [6, 6.07) is 19.3. The second-order valence-corrected chi connectivity index (χ2v) is 7.47. The Kier molecular flexibility index (Phi) is 7.31. The number of methoxy groups -OCH3 is 2. The molecule has 1 amide bonds. The summed E-state index contributed by atoms with van der Waals surface area (Å²) < 4.78 is 16.8. The van der Waals surface area contributed by atoms with Crippen LogP contribution in [-0.2, 0) is 11.3 Å². The van der Waals surface area contributed by atoms with Crippen molar-refractivity contribution in [2.24, 2.45) is 0 Å². The van der Waals surface area contributed by atoms with Crippen LogP contribution in [0.25, 0.3) is 0 Å². The lowest BCUT2D eigenvalue weighted by Gasteiger charge is -2.19. The number of ether oxygens (including phenoxy) is 3. The summed E-state index contributed by atoms with van der Waals surface area (Å²) in [7, 11) is 4.75. The van der Waals surface area contributed by atoms with E-state index in [9.17, 15) is 9.59 Å². The number of carbonyl (C=O) groups excluding carboxylic acids is 2. The topological polar surface area (TPSA) is 65.1 Å². The van der Waals surface area contributed by atoms with Gasteiger partial charge in [0.1, 0.15) is 6.61 Å². The van der Waals surface area contributed by atoms with Gasteiger partial charge in [0.25, 0.3) is 5.91 Å². The summed E-state index contributed by atoms with van der Waals surface area (Å²) in [5.41, 5.74) is 1.90. The average molecular weight is 484 g/mol. The van der Waals surface area contributed by atoms with Crippen LogP contribution in [0.4, 0.5) is 5.69 Å². The third-order valence-electron chi connectivity index (χ3n) is 4.74. The third kappa shape index (κ3) is 5.06. The first kappa shape index (κ1) is 22.4. The Morgan fingerprint density at radius 3 is 2.10 bits per heavy atom. The quantitative estimate of drug-likeness (QED) is 0.437. The molecule has 6 nitrogen and oxygen atoms in total. The minimum atomic E-state index is -0.591. The second-order valence-electron chi connectivity index (χ2n) is 6.62. The highest BCUT2D eigenvalue weighted by atomic mass is 79.9. The van der Waals surface area contributed by atoms with Gasteiger partial charge in [-0.25, -0.2) is 4.79 Å². The molecule has 0 aliphatic rings. The van der Waals surface area contributed by atoms with E-state index in [4.69, 9.17) is 14.2 Å². The molecular weight excluding hydrogens is 462 g/mol. The molecule has 3 aromatic carbocycles. The molecule has 3 rings (SSSR count). The molecule has 3 aromatic rings. The number of anilines is 1. The molecule has 31 heavy (non-hydrogen) atoms. The zero-order valence-corrected chi connectivity index (χ0v) is 19.0. The van der Waals surface area contributed by atoms with Crippen LogP contribution in [0.3, 0.4) is 0 Å². The molecule has 0 aliphatic carbocycles. The van der Waals surface area contributed by atoms with E-state index in [1.807, 2.05) is 30.3 Å². The van der Waals surface area contributed by atoms with Crippen LogP contribution >= 0.6 is 15.9 Å². The van der Waals surface area contributed by atoms with Crippen molar-refractivity contribution in [1.82, 2.24) is 0 Å². The van der Waals surface area contributed by atoms with E-state index < -0.39 is 5.97 Å².